The van der Waals surface area contributed by atoms with Crippen molar-refractivity contribution in [3.05, 3.63) is 69.2 Å². The molecule has 0 bridgehead atoms. The fraction of sp³-hybridized carbons (Fsp3) is 0.333. The Hall–Kier alpha value is -2.58. The second kappa shape index (κ2) is 10.1. The van der Waals surface area contributed by atoms with Crippen LogP contribution < -0.4 is 4.74 Å². The van der Waals surface area contributed by atoms with Gasteiger partial charge in [-0.2, -0.15) is 0 Å². The maximum Gasteiger partial charge on any atom is 0.295 e. The van der Waals surface area contributed by atoms with Crippen molar-refractivity contribution in [2.24, 2.45) is 0 Å². The zero-order chi connectivity index (χ0) is 23.5. The Labute approximate surface area is 202 Å². The molecule has 1 N–H and O–H groups in total. The first-order valence-electron chi connectivity index (χ1n) is 10.6. The molecule has 1 amide bonds. The van der Waals surface area contributed by atoms with Crippen molar-refractivity contribution in [3.8, 4) is 5.75 Å². The highest BCUT2D eigenvalue weighted by molar-refractivity contribution is 6.46. The van der Waals surface area contributed by atoms with E-state index >= 15 is 0 Å². The van der Waals surface area contributed by atoms with Crippen LogP contribution in [0.25, 0.3) is 5.76 Å². The molecule has 0 aliphatic carbocycles. The number of halogens is 2. The van der Waals surface area contributed by atoms with E-state index in [1.807, 2.05) is 0 Å². The maximum atomic E-state index is 13.1. The number of rotatable bonds is 6. The van der Waals surface area contributed by atoms with E-state index in [-0.39, 0.29) is 11.3 Å². The number of nitrogens with zero attached hydrogens (tertiary/aromatic N) is 2. The predicted octanol–water partition coefficient (Wildman–Crippen LogP) is 3.76. The highest BCUT2D eigenvalue weighted by Crippen LogP contribution is 2.41. The smallest absolute Gasteiger partial charge is 0.295 e. The Kier molecular flexibility index (Phi) is 7.24. The first-order chi connectivity index (χ1) is 15.9. The zero-order valence-corrected chi connectivity index (χ0v) is 19.6. The summed E-state index contributed by atoms with van der Waals surface area (Å²) < 4.78 is 10.6. The standard InChI is InChI=1S/C24H24Cl2N2O5/c1-32-17-4-2-3-16(13-17)22(29)20-21(15-5-6-18(25)19(26)14-15)28(24(31)23(20)30)8-7-27-9-11-33-12-10-27/h2-6,13-14,21,29H,7-12H2,1H3/b22-20+. The molecule has 2 aromatic carbocycles. The third-order valence-corrected chi connectivity index (χ3v) is 6.64. The Morgan fingerprint density at radius 2 is 1.85 bits per heavy atom. The van der Waals surface area contributed by atoms with E-state index in [9.17, 15) is 14.7 Å². The molecule has 2 aromatic rings. The normalized spacial score (nSPS) is 20.9. The van der Waals surface area contributed by atoms with Gasteiger partial charge in [-0.15, -0.1) is 0 Å². The highest BCUT2D eigenvalue weighted by atomic mass is 35.5. The van der Waals surface area contributed by atoms with E-state index < -0.39 is 17.7 Å². The maximum absolute atomic E-state index is 13.1. The molecule has 1 atom stereocenters. The summed E-state index contributed by atoms with van der Waals surface area (Å²) in [4.78, 5) is 29.9. The molecule has 7 nitrogen and oxygen atoms in total. The minimum Gasteiger partial charge on any atom is -0.507 e. The molecule has 2 saturated heterocycles. The molecule has 2 heterocycles. The summed E-state index contributed by atoms with van der Waals surface area (Å²) >= 11 is 12.4. The first kappa shape index (κ1) is 23.6. The van der Waals surface area contributed by atoms with Crippen LogP contribution in [0.4, 0.5) is 0 Å². The number of carbonyl (C=O) groups excluding carboxylic acids is 2. The highest BCUT2D eigenvalue weighted by Gasteiger charge is 2.46. The van der Waals surface area contributed by atoms with Gasteiger partial charge < -0.3 is 19.5 Å². The minimum atomic E-state index is -0.799. The number of likely N-dealkylation sites (tertiary alicyclic amines) is 1. The molecular formula is C24H24Cl2N2O5. The molecule has 174 valence electrons. The second-order valence-corrected chi connectivity index (χ2v) is 8.67. The van der Waals surface area contributed by atoms with Crippen molar-refractivity contribution in [1.29, 1.82) is 0 Å². The minimum absolute atomic E-state index is 0.00798. The van der Waals surface area contributed by atoms with E-state index in [1.54, 1.807) is 42.5 Å². The monoisotopic (exact) mass is 490 g/mol. The van der Waals surface area contributed by atoms with Crippen LogP contribution in [0.1, 0.15) is 17.2 Å². The average Bonchev–Trinajstić information content (AvgIpc) is 3.09. The number of methoxy groups -OCH3 is 1. The number of carbonyl (C=O) groups is 2. The number of aliphatic hydroxyl groups is 1. The summed E-state index contributed by atoms with van der Waals surface area (Å²) in [5, 5.41) is 11.8. The number of ketones is 1. The van der Waals surface area contributed by atoms with Crippen LogP contribution in [0.5, 0.6) is 5.75 Å². The van der Waals surface area contributed by atoms with Crippen molar-refractivity contribution in [3.63, 3.8) is 0 Å². The van der Waals surface area contributed by atoms with Gasteiger partial charge in [-0.3, -0.25) is 14.5 Å². The van der Waals surface area contributed by atoms with Crippen LogP contribution in [0.15, 0.2) is 48.0 Å². The lowest BCUT2D eigenvalue weighted by molar-refractivity contribution is -0.140. The topological polar surface area (TPSA) is 79.3 Å². The molecule has 0 aromatic heterocycles. The van der Waals surface area contributed by atoms with Crippen molar-refractivity contribution < 1.29 is 24.2 Å². The molecule has 4 rings (SSSR count). The Morgan fingerprint density at radius 1 is 1.09 bits per heavy atom. The molecule has 2 aliphatic heterocycles. The van der Waals surface area contributed by atoms with Crippen molar-refractivity contribution in [2.75, 3.05) is 46.5 Å². The van der Waals surface area contributed by atoms with E-state index in [0.29, 0.717) is 53.2 Å². The Bertz CT molecular complexity index is 1100. The fourth-order valence-electron chi connectivity index (χ4n) is 4.14. The Morgan fingerprint density at radius 3 is 2.55 bits per heavy atom. The van der Waals surface area contributed by atoms with Gasteiger partial charge in [0.15, 0.2) is 0 Å². The first-order valence-corrected chi connectivity index (χ1v) is 11.3. The number of morpholine rings is 1. The molecular weight excluding hydrogens is 467 g/mol. The summed E-state index contributed by atoms with van der Waals surface area (Å²) in [5.74, 6) is -1.15. The van der Waals surface area contributed by atoms with Gasteiger partial charge in [-0.25, -0.2) is 0 Å². The lowest BCUT2D eigenvalue weighted by Crippen LogP contribution is -2.42. The SMILES string of the molecule is COc1cccc(/C(O)=C2\C(=O)C(=O)N(CCN3CCOCC3)C2c2ccc(Cl)c(Cl)c2)c1. The van der Waals surface area contributed by atoms with Gasteiger partial charge in [0.2, 0.25) is 0 Å². The van der Waals surface area contributed by atoms with Crippen LogP contribution in [0.2, 0.25) is 10.0 Å². The fourth-order valence-corrected chi connectivity index (χ4v) is 4.45. The zero-order valence-electron chi connectivity index (χ0n) is 18.1. The number of Topliss-reactive ketones (excluding diaryl/α,β-unsaturated/α-hetero) is 1. The number of benzene rings is 2. The number of aliphatic hydroxyl groups excluding tert-OH is 1. The molecule has 0 radical (unpaired) electrons. The lowest BCUT2D eigenvalue weighted by atomic mass is 9.95. The molecule has 2 fully saturated rings. The lowest BCUT2D eigenvalue weighted by Gasteiger charge is -2.31. The van der Waals surface area contributed by atoms with Gasteiger partial charge in [0.25, 0.3) is 11.7 Å². The van der Waals surface area contributed by atoms with Gasteiger partial charge in [-0.1, -0.05) is 41.4 Å². The van der Waals surface area contributed by atoms with Gasteiger partial charge >= 0.3 is 0 Å². The van der Waals surface area contributed by atoms with E-state index in [4.69, 9.17) is 32.7 Å². The van der Waals surface area contributed by atoms with Gasteiger partial charge in [0.1, 0.15) is 11.5 Å². The van der Waals surface area contributed by atoms with Crippen molar-refractivity contribution >= 4 is 40.7 Å². The quantitative estimate of drug-likeness (QED) is 0.377. The number of ether oxygens (including phenoxy) is 2. The summed E-state index contributed by atoms with van der Waals surface area (Å²) in [6.45, 7) is 3.66. The third-order valence-electron chi connectivity index (χ3n) is 5.90. The van der Waals surface area contributed by atoms with E-state index in [1.165, 1.54) is 12.0 Å². The van der Waals surface area contributed by atoms with Gasteiger partial charge in [-0.05, 0) is 29.8 Å². The van der Waals surface area contributed by atoms with Crippen molar-refractivity contribution in [2.45, 2.75) is 6.04 Å². The van der Waals surface area contributed by atoms with Crippen LogP contribution in [-0.2, 0) is 14.3 Å². The van der Waals surface area contributed by atoms with Gasteiger partial charge in [0.05, 0.1) is 42.0 Å². The second-order valence-electron chi connectivity index (χ2n) is 7.85. The number of amides is 1. The number of hydrogen-bond donors (Lipinski definition) is 1. The number of hydrogen-bond acceptors (Lipinski definition) is 6. The Balaban J connectivity index is 1.76. The summed E-state index contributed by atoms with van der Waals surface area (Å²) in [6, 6.07) is 10.9. The molecule has 0 saturated carbocycles. The summed E-state index contributed by atoms with van der Waals surface area (Å²) in [5.41, 5.74) is 0.981. The molecule has 0 spiro atoms. The van der Waals surface area contributed by atoms with E-state index in [2.05, 4.69) is 4.90 Å². The van der Waals surface area contributed by atoms with Crippen LogP contribution in [0.3, 0.4) is 0 Å². The third kappa shape index (κ3) is 4.87. The van der Waals surface area contributed by atoms with Crippen LogP contribution in [-0.4, -0.2) is 73.1 Å². The predicted molar refractivity (Wildman–Crippen MR) is 126 cm³/mol. The molecule has 33 heavy (non-hydrogen) atoms. The molecule has 1 unspecified atom stereocenters. The molecule has 9 heteroatoms. The molecule has 2 aliphatic rings. The van der Waals surface area contributed by atoms with E-state index in [0.717, 1.165) is 13.1 Å². The van der Waals surface area contributed by atoms with Crippen LogP contribution in [0, 0.1) is 0 Å². The largest absolute Gasteiger partial charge is 0.507 e. The average molecular weight is 491 g/mol. The summed E-state index contributed by atoms with van der Waals surface area (Å²) in [7, 11) is 1.51. The van der Waals surface area contributed by atoms with Crippen molar-refractivity contribution in [1.82, 2.24) is 9.80 Å². The summed E-state index contributed by atoms with van der Waals surface area (Å²) in [6.07, 6.45) is 0. The van der Waals surface area contributed by atoms with Gasteiger partial charge in [0, 0.05) is 31.7 Å². The van der Waals surface area contributed by atoms with Crippen LogP contribution >= 0.6 is 23.2 Å².